The van der Waals surface area contributed by atoms with Crippen molar-refractivity contribution in [3.63, 3.8) is 0 Å². The van der Waals surface area contributed by atoms with Crippen LogP contribution in [0.4, 0.5) is 0 Å². The number of hydrogen-bond donors (Lipinski definition) is 0. The molecule has 0 saturated carbocycles. The van der Waals surface area contributed by atoms with Crippen LogP contribution in [0.1, 0.15) is 41.5 Å². The summed E-state index contributed by atoms with van der Waals surface area (Å²) in [7, 11) is -2.80. The molecule has 0 saturated heterocycles. The Kier molecular flexibility index (Phi) is 11.5. The van der Waals surface area contributed by atoms with Crippen LogP contribution in [0.5, 0.6) is 0 Å². The smallest absolute Gasteiger partial charge is 0.744 e. The van der Waals surface area contributed by atoms with Gasteiger partial charge in [0.15, 0.2) is 0 Å². The first-order valence-corrected chi connectivity index (χ1v) is 11.8. The van der Waals surface area contributed by atoms with E-state index in [1.165, 1.54) is 17.4 Å². The zero-order valence-corrected chi connectivity index (χ0v) is 22.1. The average Bonchev–Trinajstić information content (AvgIpc) is 2.45. The number of rotatable bonds is 3. The summed E-state index contributed by atoms with van der Waals surface area (Å²) in [4.78, 5) is -0.162. The Balaban J connectivity index is 0.000000504. The molecule has 0 amide bonds. The zero-order chi connectivity index (χ0) is 20.0. The zero-order valence-electron chi connectivity index (χ0n) is 17.3. The molecule has 2 aromatic carbocycles. The van der Waals surface area contributed by atoms with Gasteiger partial charge in [-0.1, -0.05) is 101 Å². The van der Waals surface area contributed by atoms with Crippen LogP contribution in [0.15, 0.2) is 59.5 Å². The molecule has 0 aliphatic carbocycles. The molecule has 2 unspecified atom stereocenters. The van der Waals surface area contributed by atoms with Crippen LogP contribution in [-0.2, 0) is 10.1 Å². The summed E-state index contributed by atoms with van der Waals surface area (Å²) >= 11 is 0. The third kappa shape index (κ3) is 13.1. The maximum Gasteiger partial charge on any atom is 1.00 e. The normalized spacial score (nSPS) is 12.7. The van der Waals surface area contributed by atoms with Crippen molar-refractivity contribution in [1.82, 2.24) is 0 Å². The quantitative estimate of drug-likeness (QED) is 0.418. The fourth-order valence-electron chi connectivity index (χ4n) is 2.09. The van der Waals surface area contributed by atoms with Crippen LogP contribution in [0.2, 0.25) is 0 Å². The third-order valence-corrected chi connectivity index (χ3v) is 6.55. The van der Waals surface area contributed by atoms with Crippen molar-refractivity contribution < 1.29 is 42.5 Å². The molecule has 2 atom stereocenters. The summed E-state index contributed by atoms with van der Waals surface area (Å²) in [6, 6.07) is 16.8. The van der Waals surface area contributed by atoms with Gasteiger partial charge in [0.25, 0.3) is 0 Å². The first-order chi connectivity index (χ1) is 11.8. The summed E-state index contributed by atoms with van der Waals surface area (Å²) in [5.74, 6) is 0. The molecule has 0 aliphatic rings. The van der Waals surface area contributed by atoms with Gasteiger partial charge in [-0.3, -0.25) is 0 Å². The minimum atomic E-state index is -4.31. The molecular weight excluding hydrogens is 405 g/mol. The first-order valence-electron chi connectivity index (χ1n) is 8.44. The molecule has 0 radical (unpaired) electrons. The van der Waals surface area contributed by atoms with Gasteiger partial charge in [0.1, 0.15) is 10.1 Å². The second kappa shape index (κ2) is 11.4. The Bertz CT molecular complexity index is 779. The standard InChI is InChI=1S/C10H15O3PS.C10H15P.Na/c1-10(2,3)14-8-4-6-9(7-5-8)15(11,12)13;1-10(2,3)11-9-7-5-4-6-8-9;/h4-7,14H,1-3H3,(H,11,12,13);4-8,11H,1-3H3;/q;;+1/p-1. The van der Waals surface area contributed by atoms with Crippen molar-refractivity contribution in [2.45, 2.75) is 56.8 Å². The SMILES string of the molecule is CC(C)(C)Pc1ccc(S(=O)(=O)[O-])cc1.CC(C)(C)Pc1ccccc1.[Na+]. The van der Waals surface area contributed by atoms with Gasteiger partial charge in [0.2, 0.25) is 0 Å². The average molecular weight is 434 g/mol. The van der Waals surface area contributed by atoms with Crippen LogP contribution in [-0.4, -0.2) is 23.3 Å². The van der Waals surface area contributed by atoms with E-state index in [4.69, 9.17) is 0 Å². The van der Waals surface area contributed by atoms with E-state index in [2.05, 4.69) is 71.9 Å². The van der Waals surface area contributed by atoms with Gasteiger partial charge in [0, 0.05) is 0 Å². The molecule has 0 heterocycles. The van der Waals surface area contributed by atoms with Crippen molar-refractivity contribution in [2.24, 2.45) is 0 Å². The Morgan fingerprint density at radius 1 is 0.704 bits per heavy atom. The molecule has 27 heavy (non-hydrogen) atoms. The van der Waals surface area contributed by atoms with Gasteiger partial charge >= 0.3 is 29.6 Å². The van der Waals surface area contributed by atoms with E-state index in [9.17, 15) is 13.0 Å². The second-order valence-electron chi connectivity index (χ2n) is 8.09. The fourth-order valence-corrected chi connectivity index (χ4v) is 4.99. The van der Waals surface area contributed by atoms with Gasteiger partial charge in [-0.05, 0) is 33.1 Å². The molecule has 144 valence electrons. The van der Waals surface area contributed by atoms with Crippen molar-refractivity contribution in [3.05, 3.63) is 54.6 Å². The van der Waals surface area contributed by atoms with Crippen LogP contribution < -0.4 is 40.2 Å². The van der Waals surface area contributed by atoms with E-state index < -0.39 is 10.1 Å². The van der Waals surface area contributed by atoms with Crippen LogP contribution in [0.25, 0.3) is 0 Å². The topological polar surface area (TPSA) is 57.2 Å². The fraction of sp³-hybridized carbons (Fsp3) is 0.400. The van der Waals surface area contributed by atoms with E-state index in [1.54, 1.807) is 12.1 Å². The maximum atomic E-state index is 10.7. The summed E-state index contributed by atoms with van der Waals surface area (Å²) in [6.07, 6.45) is 0. The van der Waals surface area contributed by atoms with Gasteiger partial charge in [0.05, 0.1) is 4.90 Å². The monoisotopic (exact) mass is 434 g/mol. The minimum absolute atomic E-state index is 0. The number of hydrogen-bond acceptors (Lipinski definition) is 3. The van der Waals surface area contributed by atoms with Gasteiger partial charge < -0.3 is 4.55 Å². The van der Waals surface area contributed by atoms with Crippen molar-refractivity contribution >= 4 is 37.9 Å². The molecule has 7 heteroatoms. The van der Waals surface area contributed by atoms with E-state index in [1.807, 2.05) is 0 Å². The summed E-state index contributed by atoms with van der Waals surface area (Å²) in [5, 5.41) is 3.13. The molecule has 2 aromatic rings. The molecule has 3 nitrogen and oxygen atoms in total. The molecule has 0 aliphatic heterocycles. The van der Waals surface area contributed by atoms with E-state index in [0.717, 1.165) is 13.9 Å². The largest absolute Gasteiger partial charge is 1.00 e. The molecule has 0 aromatic heterocycles. The van der Waals surface area contributed by atoms with Crippen molar-refractivity contribution in [3.8, 4) is 0 Å². The third-order valence-electron chi connectivity index (χ3n) is 2.96. The predicted molar refractivity (Wildman–Crippen MR) is 116 cm³/mol. The first kappa shape index (κ1) is 27.2. The van der Waals surface area contributed by atoms with Crippen molar-refractivity contribution in [1.29, 1.82) is 0 Å². The molecule has 0 N–H and O–H groups in total. The predicted octanol–water partition coefficient (Wildman–Crippen LogP) is 1.49. The second-order valence-corrected chi connectivity index (χ2v) is 14.1. The summed E-state index contributed by atoms with van der Waals surface area (Å²) < 4.78 is 32.0. The van der Waals surface area contributed by atoms with E-state index in [-0.39, 0.29) is 39.6 Å². The number of benzene rings is 2. The van der Waals surface area contributed by atoms with Gasteiger partial charge in [-0.15, -0.1) is 0 Å². The Labute approximate surface area is 190 Å². The van der Waals surface area contributed by atoms with Crippen LogP contribution >= 0.6 is 17.2 Å². The molecular formula is C20H29NaO3P2S. The Morgan fingerprint density at radius 3 is 1.41 bits per heavy atom. The summed E-state index contributed by atoms with van der Waals surface area (Å²) in [5.41, 5.74) is 0. The maximum absolute atomic E-state index is 10.7. The molecule has 0 fully saturated rings. The van der Waals surface area contributed by atoms with Crippen molar-refractivity contribution in [2.75, 3.05) is 0 Å². The molecule has 2 rings (SSSR count). The molecule has 0 bridgehead atoms. The van der Waals surface area contributed by atoms with E-state index in [0.29, 0.717) is 13.7 Å². The van der Waals surface area contributed by atoms with Crippen LogP contribution in [0.3, 0.4) is 0 Å². The Morgan fingerprint density at radius 2 is 1.07 bits per heavy atom. The van der Waals surface area contributed by atoms with Gasteiger partial charge in [-0.25, -0.2) is 8.42 Å². The Hall–Kier alpha value is 0.210. The van der Waals surface area contributed by atoms with E-state index >= 15 is 0 Å². The summed E-state index contributed by atoms with van der Waals surface area (Å²) in [6.45, 7) is 13.2. The minimum Gasteiger partial charge on any atom is -0.744 e. The van der Waals surface area contributed by atoms with Crippen LogP contribution in [0, 0.1) is 0 Å². The molecule has 0 spiro atoms. The van der Waals surface area contributed by atoms with Gasteiger partial charge in [-0.2, -0.15) is 0 Å².